The maximum absolute atomic E-state index is 13.0. The Balaban J connectivity index is 1.49. The van der Waals surface area contributed by atoms with Crippen molar-refractivity contribution in [2.45, 2.75) is 32.2 Å². The van der Waals surface area contributed by atoms with Crippen molar-refractivity contribution in [1.82, 2.24) is 9.62 Å². The van der Waals surface area contributed by atoms with Crippen LogP contribution in [0.2, 0.25) is 0 Å². The van der Waals surface area contributed by atoms with Crippen molar-refractivity contribution < 1.29 is 17.6 Å². The summed E-state index contributed by atoms with van der Waals surface area (Å²) in [6.45, 7) is 0.998. The van der Waals surface area contributed by atoms with Crippen LogP contribution in [0.25, 0.3) is 0 Å². The zero-order valence-corrected chi connectivity index (χ0v) is 17.2. The lowest BCUT2D eigenvalue weighted by Gasteiger charge is -2.31. The number of benzene rings is 2. The van der Waals surface area contributed by atoms with Gasteiger partial charge in [-0.1, -0.05) is 42.5 Å². The lowest BCUT2D eigenvalue weighted by atomic mass is 9.99. The van der Waals surface area contributed by atoms with Crippen molar-refractivity contribution in [3.05, 3.63) is 71.5 Å². The molecule has 1 atom stereocenters. The molecule has 1 amide bonds. The quantitative estimate of drug-likeness (QED) is 0.716. The number of nitrogens with one attached hydrogen (secondary N) is 1. The van der Waals surface area contributed by atoms with Gasteiger partial charge in [0, 0.05) is 19.6 Å². The minimum atomic E-state index is -3.38. The fourth-order valence-corrected chi connectivity index (χ4v) is 5.16. The van der Waals surface area contributed by atoms with Crippen LogP contribution in [-0.4, -0.2) is 37.5 Å². The number of hydrogen-bond acceptors (Lipinski definition) is 3. The van der Waals surface area contributed by atoms with E-state index in [1.807, 2.05) is 30.3 Å². The largest absolute Gasteiger partial charge is 0.352 e. The molecule has 1 heterocycles. The topological polar surface area (TPSA) is 66.5 Å². The Kier molecular flexibility index (Phi) is 7.39. The number of piperidine rings is 1. The molecule has 156 valence electrons. The average molecular weight is 419 g/mol. The first-order chi connectivity index (χ1) is 13.9. The van der Waals surface area contributed by atoms with Gasteiger partial charge in [0.15, 0.2) is 0 Å². The maximum atomic E-state index is 13.0. The lowest BCUT2D eigenvalue weighted by Crippen LogP contribution is -2.46. The van der Waals surface area contributed by atoms with Crippen LogP contribution in [0.15, 0.2) is 54.6 Å². The van der Waals surface area contributed by atoms with Crippen LogP contribution < -0.4 is 5.32 Å². The van der Waals surface area contributed by atoms with E-state index in [-0.39, 0.29) is 29.9 Å². The summed E-state index contributed by atoms with van der Waals surface area (Å²) < 4.78 is 39.9. The predicted molar refractivity (Wildman–Crippen MR) is 111 cm³/mol. The molecule has 1 aliphatic heterocycles. The van der Waals surface area contributed by atoms with Gasteiger partial charge in [0.25, 0.3) is 0 Å². The van der Waals surface area contributed by atoms with E-state index in [0.717, 1.165) is 17.5 Å². The van der Waals surface area contributed by atoms with E-state index in [0.29, 0.717) is 32.4 Å². The van der Waals surface area contributed by atoms with Crippen molar-refractivity contribution in [3.63, 3.8) is 0 Å². The van der Waals surface area contributed by atoms with Gasteiger partial charge in [-0.25, -0.2) is 17.1 Å². The number of sulfonamides is 1. The van der Waals surface area contributed by atoms with Crippen LogP contribution in [0, 0.1) is 11.7 Å². The normalized spacial score (nSPS) is 17.8. The molecule has 2 aromatic rings. The first-order valence-electron chi connectivity index (χ1n) is 9.98. The Morgan fingerprint density at radius 3 is 2.52 bits per heavy atom. The van der Waals surface area contributed by atoms with E-state index in [9.17, 15) is 17.6 Å². The summed E-state index contributed by atoms with van der Waals surface area (Å²) >= 11 is 0. The fraction of sp³-hybridized carbons (Fsp3) is 0.409. The smallest absolute Gasteiger partial charge is 0.224 e. The second kappa shape index (κ2) is 9.98. The highest BCUT2D eigenvalue weighted by Crippen LogP contribution is 2.20. The van der Waals surface area contributed by atoms with Gasteiger partial charge in [-0.15, -0.1) is 0 Å². The Hall–Kier alpha value is -2.25. The highest BCUT2D eigenvalue weighted by molar-refractivity contribution is 7.89. The molecule has 0 saturated carbocycles. The van der Waals surface area contributed by atoms with Crippen LogP contribution in [0.3, 0.4) is 0 Å². The molecule has 0 aromatic heterocycles. The summed E-state index contributed by atoms with van der Waals surface area (Å²) in [5, 5.41) is 2.84. The van der Waals surface area contributed by atoms with E-state index >= 15 is 0 Å². The van der Waals surface area contributed by atoms with Crippen molar-refractivity contribution >= 4 is 15.9 Å². The molecule has 1 saturated heterocycles. The van der Waals surface area contributed by atoms with Crippen LogP contribution in [0.5, 0.6) is 0 Å². The third-order valence-electron chi connectivity index (χ3n) is 5.24. The van der Waals surface area contributed by atoms with Gasteiger partial charge in [0.1, 0.15) is 5.82 Å². The lowest BCUT2D eigenvalue weighted by molar-refractivity contribution is -0.126. The molecular formula is C22H27FN2O3S. The SMILES string of the molecule is O=C(NCc1ccc(F)cc1)[C@@H]1CCCN(S(=O)(=O)CCCc2ccccc2)C1. The summed E-state index contributed by atoms with van der Waals surface area (Å²) in [6, 6.07) is 15.8. The number of carbonyl (C=O) groups excluding carboxylic acids is 1. The molecule has 0 bridgehead atoms. The number of nitrogens with zero attached hydrogens (tertiary/aromatic N) is 1. The standard InChI is InChI=1S/C22H27FN2O3S/c23-21-12-10-19(11-13-21)16-24-22(26)20-9-4-14-25(17-20)29(27,28)15-5-8-18-6-2-1-3-7-18/h1-3,6-7,10-13,20H,4-5,8-9,14-17H2,(H,24,26)/t20-/m1/s1. The Morgan fingerprint density at radius 1 is 1.07 bits per heavy atom. The number of amides is 1. The van der Waals surface area contributed by atoms with Crippen LogP contribution in [0.4, 0.5) is 4.39 Å². The molecule has 0 aliphatic carbocycles. The fourth-order valence-electron chi connectivity index (χ4n) is 3.58. The summed E-state index contributed by atoms with van der Waals surface area (Å²) in [5.74, 6) is -0.738. The summed E-state index contributed by atoms with van der Waals surface area (Å²) in [6.07, 6.45) is 2.62. The Labute approximate surface area is 172 Å². The minimum absolute atomic E-state index is 0.0891. The first kappa shape index (κ1) is 21.5. The van der Waals surface area contributed by atoms with E-state index in [4.69, 9.17) is 0 Å². The van der Waals surface area contributed by atoms with Crippen LogP contribution in [-0.2, 0) is 27.8 Å². The van der Waals surface area contributed by atoms with Crippen molar-refractivity contribution in [1.29, 1.82) is 0 Å². The second-order valence-corrected chi connectivity index (χ2v) is 9.54. The Morgan fingerprint density at radius 2 is 1.79 bits per heavy atom. The van der Waals surface area contributed by atoms with Gasteiger partial charge >= 0.3 is 0 Å². The van der Waals surface area contributed by atoms with Gasteiger partial charge in [0.2, 0.25) is 15.9 Å². The first-order valence-corrected chi connectivity index (χ1v) is 11.6. The molecule has 1 N–H and O–H groups in total. The van der Waals surface area contributed by atoms with Crippen LogP contribution in [0.1, 0.15) is 30.4 Å². The number of rotatable bonds is 8. The molecular weight excluding hydrogens is 391 g/mol. The summed E-state index contributed by atoms with van der Waals surface area (Å²) in [4.78, 5) is 12.5. The monoisotopic (exact) mass is 418 g/mol. The van der Waals surface area contributed by atoms with E-state index in [1.165, 1.54) is 16.4 Å². The van der Waals surface area contributed by atoms with E-state index in [2.05, 4.69) is 5.32 Å². The van der Waals surface area contributed by atoms with Gasteiger partial charge in [0.05, 0.1) is 11.7 Å². The zero-order valence-electron chi connectivity index (χ0n) is 16.4. The highest BCUT2D eigenvalue weighted by Gasteiger charge is 2.31. The molecule has 1 aliphatic rings. The number of hydrogen-bond donors (Lipinski definition) is 1. The van der Waals surface area contributed by atoms with Gasteiger partial charge in [-0.3, -0.25) is 4.79 Å². The zero-order chi connectivity index (χ0) is 20.7. The predicted octanol–water partition coefficient (Wildman–Crippen LogP) is 3.12. The molecule has 0 radical (unpaired) electrons. The summed E-state index contributed by atoms with van der Waals surface area (Å²) in [5.41, 5.74) is 1.93. The molecule has 3 rings (SSSR count). The molecule has 7 heteroatoms. The maximum Gasteiger partial charge on any atom is 0.224 e. The Bertz CT molecular complexity index is 901. The van der Waals surface area contributed by atoms with Gasteiger partial charge in [-0.05, 0) is 48.9 Å². The highest BCUT2D eigenvalue weighted by atomic mass is 32.2. The van der Waals surface area contributed by atoms with Crippen molar-refractivity contribution in [3.8, 4) is 0 Å². The molecule has 1 fully saturated rings. The third-order valence-corrected chi connectivity index (χ3v) is 7.16. The third kappa shape index (κ3) is 6.37. The van der Waals surface area contributed by atoms with Gasteiger partial charge < -0.3 is 5.32 Å². The summed E-state index contributed by atoms with van der Waals surface area (Å²) in [7, 11) is -3.38. The van der Waals surface area contributed by atoms with E-state index < -0.39 is 10.0 Å². The van der Waals surface area contributed by atoms with Crippen molar-refractivity contribution in [2.24, 2.45) is 5.92 Å². The molecule has 0 unspecified atom stereocenters. The van der Waals surface area contributed by atoms with Gasteiger partial charge in [-0.2, -0.15) is 0 Å². The number of halogens is 1. The minimum Gasteiger partial charge on any atom is -0.352 e. The molecule has 5 nitrogen and oxygen atoms in total. The number of aryl methyl sites for hydroxylation is 1. The molecule has 0 spiro atoms. The van der Waals surface area contributed by atoms with Crippen LogP contribution >= 0.6 is 0 Å². The van der Waals surface area contributed by atoms with Crippen molar-refractivity contribution in [2.75, 3.05) is 18.8 Å². The number of carbonyl (C=O) groups is 1. The second-order valence-electron chi connectivity index (χ2n) is 7.45. The van der Waals surface area contributed by atoms with E-state index in [1.54, 1.807) is 12.1 Å². The average Bonchev–Trinajstić information content (AvgIpc) is 2.74. The molecule has 2 aromatic carbocycles. The molecule has 29 heavy (non-hydrogen) atoms.